The van der Waals surface area contributed by atoms with Crippen LogP contribution in [0, 0.1) is 5.92 Å². The molecule has 0 saturated carbocycles. The Bertz CT molecular complexity index is 1090. The fraction of sp³-hybridized carbons (Fsp3) is 0.296. The summed E-state index contributed by atoms with van der Waals surface area (Å²) in [5.41, 5.74) is 9.62. The number of nitrogens with zero attached hydrogens (tertiary/aromatic N) is 1. The second-order valence-electron chi connectivity index (χ2n) is 8.56. The molecule has 0 spiro atoms. The van der Waals surface area contributed by atoms with E-state index < -0.39 is 12.6 Å². The topological polar surface area (TPSA) is 38.4 Å². The number of rotatable bonds is 8. The Morgan fingerprint density at radius 1 is 1.15 bits per heavy atom. The molecule has 0 fully saturated rings. The molecular weight excluding hydrogens is 445 g/mol. The first kappa shape index (κ1) is 24.8. The van der Waals surface area contributed by atoms with Crippen LogP contribution < -0.4 is 5.73 Å². The van der Waals surface area contributed by atoms with Gasteiger partial charge in [-0.3, -0.25) is 4.99 Å². The maximum atomic E-state index is 14.7. The summed E-state index contributed by atoms with van der Waals surface area (Å²) < 4.78 is 40.6. The summed E-state index contributed by atoms with van der Waals surface area (Å²) in [4.78, 5) is 4.78. The Kier molecular flexibility index (Phi) is 8.20. The van der Waals surface area contributed by atoms with E-state index in [1.165, 1.54) is 12.2 Å². The molecule has 0 radical (unpaired) electrons. The van der Waals surface area contributed by atoms with Crippen molar-refractivity contribution in [3.05, 3.63) is 88.0 Å². The van der Waals surface area contributed by atoms with E-state index in [1.807, 2.05) is 24.3 Å². The lowest BCUT2D eigenvalue weighted by molar-refractivity contribution is 0.179. The summed E-state index contributed by atoms with van der Waals surface area (Å²) in [7, 11) is 0. The van der Waals surface area contributed by atoms with Crippen LogP contribution in [-0.4, -0.2) is 18.8 Å². The van der Waals surface area contributed by atoms with Crippen LogP contribution in [0.2, 0.25) is 5.02 Å². The van der Waals surface area contributed by atoms with Gasteiger partial charge < -0.3 is 5.73 Å². The van der Waals surface area contributed by atoms with Crippen molar-refractivity contribution in [3.8, 4) is 0 Å². The monoisotopic (exact) mass is 472 g/mol. The molecule has 2 aromatic carbocycles. The van der Waals surface area contributed by atoms with Crippen LogP contribution in [0.15, 0.2) is 65.7 Å². The number of allylic oxidation sites excluding steroid dienone is 4. The molecule has 2 atom stereocenters. The molecule has 174 valence electrons. The molecule has 0 saturated heterocycles. The lowest BCUT2D eigenvalue weighted by Gasteiger charge is -2.21. The van der Waals surface area contributed by atoms with Crippen LogP contribution in [0.25, 0.3) is 11.6 Å². The largest absolute Gasteiger partial charge is 0.398 e. The van der Waals surface area contributed by atoms with Gasteiger partial charge in [0.15, 0.2) is 0 Å². The Balaban J connectivity index is 1.97. The minimum absolute atomic E-state index is 0.109. The maximum Gasteiger partial charge on any atom is 0.260 e. The van der Waals surface area contributed by atoms with E-state index in [0.717, 1.165) is 17.5 Å². The predicted octanol–water partition coefficient (Wildman–Crippen LogP) is 8.09. The molecule has 0 amide bonds. The van der Waals surface area contributed by atoms with Gasteiger partial charge in [0.05, 0.1) is 11.1 Å². The van der Waals surface area contributed by atoms with Crippen molar-refractivity contribution in [1.29, 1.82) is 0 Å². The number of anilines is 1. The third-order valence-corrected chi connectivity index (χ3v) is 6.08. The van der Waals surface area contributed by atoms with Crippen molar-refractivity contribution in [2.24, 2.45) is 10.9 Å². The quantitative estimate of drug-likeness (QED) is 0.306. The van der Waals surface area contributed by atoms with Crippen LogP contribution in [-0.2, 0) is 0 Å². The molecule has 2 nitrogen and oxygen atoms in total. The highest BCUT2D eigenvalue weighted by Crippen LogP contribution is 2.38. The molecule has 1 aliphatic rings. The van der Waals surface area contributed by atoms with Gasteiger partial charge in [0, 0.05) is 23.9 Å². The molecule has 3 rings (SSSR count). The van der Waals surface area contributed by atoms with E-state index >= 15 is 0 Å². The fourth-order valence-corrected chi connectivity index (χ4v) is 4.15. The minimum atomic E-state index is -2.68. The highest BCUT2D eigenvalue weighted by atomic mass is 35.5. The lowest BCUT2D eigenvalue weighted by atomic mass is 9.90. The average molecular weight is 473 g/mol. The highest BCUT2D eigenvalue weighted by Gasteiger charge is 2.26. The van der Waals surface area contributed by atoms with Gasteiger partial charge in [0.25, 0.3) is 6.43 Å². The fourth-order valence-electron chi connectivity index (χ4n) is 3.82. The summed E-state index contributed by atoms with van der Waals surface area (Å²) >= 11 is 6.63. The van der Waals surface area contributed by atoms with Crippen molar-refractivity contribution in [2.75, 3.05) is 5.73 Å². The maximum absolute atomic E-state index is 14.7. The number of alkyl halides is 3. The summed E-state index contributed by atoms with van der Waals surface area (Å²) in [5, 5.41) is 0.256. The van der Waals surface area contributed by atoms with Gasteiger partial charge in [-0.25, -0.2) is 13.2 Å². The number of aliphatic imine (C=N–C) groups is 1. The number of hydrogen-bond donors (Lipinski definition) is 1. The Morgan fingerprint density at radius 2 is 1.85 bits per heavy atom. The number of nitrogens with two attached hydrogens (primary N) is 1. The predicted molar refractivity (Wildman–Crippen MR) is 134 cm³/mol. The smallest absolute Gasteiger partial charge is 0.260 e. The second-order valence-corrected chi connectivity index (χ2v) is 8.94. The third kappa shape index (κ3) is 5.97. The van der Waals surface area contributed by atoms with Crippen molar-refractivity contribution >= 4 is 35.2 Å². The van der Waals surface area contributed by atoms with E-state index in [2.05, 4.69) is 20.4 Å². The Hall–Kier alpha value is -2.79. The second kappa shape index (κ2) is 10.9. The van der Waals surface area contributed by atoms with Crippen molar-refractivity contribution in [3.63, 3.8) is 0 Å². The third-order valence-electron chi connectivity index (χ3n) is 5.67. The van der Waals surface area contributed by atoms with Crippen LogP contribution in [0.4, 0.5) is 18.9 Å². The summed E-state index contributed by atoms with van der Waals surface area (Å²) in [5.74, 6) is 0.404. The zero-order valence-electron chi connectivity index (χ0n) is 18.7. The van der Waals surface area contributed by atoms with E-state index in [4.69, 9.17) is 22.3 Å². The highest BCUT2D eigenvalue weighted by molar-refractivity contribution is 6.35. The molecule has 6 heteroatoms. The molecule has 2 N–H and O–H groups in total. The summed E-state index contributed by atoms with van der Waals surface area (Å²) in [6.45, 7) is 8.04. The van der Waals surface area contributed by atoms with Crippen molar-refractivity contribution in [2.45, 2.75) is 45.3 Å². The lowest BCUT2D eigenvalue weighted by Crippen LogP contribution is -2.13. The zero-order chi connectivity index (χ0) is 24.1. The van der Waals surface area contributed by atoms with Crippen LogP contribution in [0.1, 0.15) is 55.0 Å². The van der Waals surface area contributed by atoms with Crippen molar-refractivity contribution < 1.29 is 13.2 Å². The Morgan fingerprint density at radius 3 is 2.42 bits per heavy atom. The van der Waals surface area contributed by atoms with E-state index in [9.17, 15) is 13.2 Å². The van der Waals surface area contributed by atoms with Gasteiger partial charge >= 0.3 is 0 Å². The molecule has 1 aliphatic carbocycles. The number of benzene rings is 2. The van der Waals surface area contributed by atoms with Gasteiger partial charge in [-0.2, -0.15) is 0 Å². The molecule has 0 aliphatic heterocycles. The zero-order valence-corrected chi connectivity index (χ0v) is 19.5. The first-order valence-corrected chi connectivity index (χ1v) is 11.3. The van der Waals surface area contributed by atoms with Gasteiger partial charge in [-0.15, -0.1) is 0 Å². The number of halogens is 4. The minimum Gasteiger partial charge on any atom is -0.398 e. The molecule has 33 heavy (non-hydrogen) atoms. The average Bonchev–Trinajstić information content (AvgIpc) is 2.78. The van der Waals surface area contributed by atoms with E-state index in [0.29, 0.717) is 22.7 Å². The summed E-state index contributed by atoms with van der Waals surface area (Å²) in [6, 6.07) is 11.2. The molecule has 0 aromatic heterocycles. The summed E-state index contributed by atoms with van der Waals surface area (Å²) in [6.07, 6.45) is 2.27. The molecular formula is C27H28ClF3N2. The van der Waals surface area contributed by atoms with E-state index in [-0.39, 0.29) is 28.6 Å². The van der Waals surface area contributed by atoms with Crippen LogP contribution >= 0.6 is 11.6 Å². The standard InChI is InChI=1S/C27H28ClF3N2/c1-4-17-5-7-18(8-6-17)25(13-16(2)3)33-15-22-24(32)12-11-21(26(22)28)20-10-9-19(27(30)31)14-23(20)29/h4-12,15-16,23,25,27H,1,13-14,32H2,2-3H3. The Labute approximate surface area is 198 Å². The molecule has 2 aromatic rings. The van der Waals surface area contributed by atoms with Gasteiger partial charge in [-0.1, -0.05) is 80.6 Å². The normalized spacial score (nSPS) is 17.4. The SMILES string of the molecule is C=Cc1ccc(C(CC(C)C)N=Cc2c(N)ccc(C3=CC=C(C(F)F)CC3F)c2Cl)cc1. The van der Waals surface area contributed by atoms with Crippen LogP contribution in [0.5, 0.6) is 0 Å². The first-order valence-electron chi connectivity index (χ1n) is 10.9. The van der Waals surface area contributed by atoms with Gasteiger partial charge in [-0.05, 0) is 46.2 Å². The van der Waals surface area contributed by atoms with Crippen LogP contribution in [0.3, 0.4) is 0 Å². The van der Waals surface area contributed by atoms with Crippen molar-refractivity contribution in [1.82, 2.24) is 0 Å². The number of nitrogen functional groups attached to an aromatic ring is 1. The van der Waals surface area contributed by atoms with Gasteiger partial charge in [0.2, 0.25) is 0 Å². The number of hydrogen-bond acceptors (Lipinski definition) is 2. The molecule has 2 unspecified atom stereocenters. The molecule has 0 bridgehead atoms. The molecule has 0 heterocycles. The first-order chi connectivity index (χ1) is 15.7. The van der Waals surface area contributed by atoms with E-state index in [1.54, 1.807) is 24.4 Å². The van der Waals surface area contributed by atoms with Gasteiger partial charge in [0.1, 0.15) is 6.17 Å².